The first-order valence-corrected chi connectivity index (χ1v) is 14.8. The lowest BCUT2D eigenvalue weighted by atomic mass is 10.0. The Balaban J connectivity index is 1.46. The van der Waals surface area contributed by atoms with Crippen LogP contribution in [0.5, 0.6) is 0 Å². The zero-order valence-electron chi connectivity index (χ0n) is 24.2. The number of rotatable bonds is 12. The first-order chi connectivity index (χ1) is 20.9. The molecule has 0 fully saturated rings. The molecule has 1 aromatic heterocycles. The first-order valence-electron chi connectivity index (χ1n) is 13.9. The van der Waals surface area contributed by atoms with E-state index in [2.05, 4.69) is 4.98 Å². The molecule has 0 unspecified atom stereocenters. The summed E-state index contributed by atoms with van der Waals surface area (Å²) in [6, 6.07) is 18.1. The smallest absolute Gasteiger partial charge is 0.340 e. The average Bonchev–Trinajstić information content (AvgIpc) is 2.98. The first kappa shape index (κ1) is 32.7. The van der Waals surface area contributed by atoms with Crippen molar-refractivity contribution in [2.24, 2.45) is 0 Å². The van der Waals surface area contributed by atoms with Crippen molar-refractivity contribution in [3.05, 3.63) is 117 Å². The Kier molecular flexibility index (Phi) is 10.7. The van der Waals surface area contributed by atoms with Crippen molar-refractivity contribution in [3.8, 4) is 11.1 Å². The number of Topliss-reactive ketones (excluding diaryl/α,β-unsaturated/α-hetero) is 1. The van der Waals surface area contributed by atoms with Crippen molar-refractivity contribution in [2.45, 2.75) is 56.4 Å². The highest BCUT2D eigenvalue weighted by molar-refractivity contribution is 7.98. The summed E-state index contributed by atoms with van der Waals surface area (Å²) in [6.45, 7) is 1.69. The predicted molar refractivity (Wildman–Crippen MR) is 161 cm³/mol. The van der Waals surface area contributed by atoms with Gasteiger partial charge in [0.2, 0.25) is 5.91 Å². The van der Waals surface area contributed by atoms with Gasteiger partial charge in [-0.15, -0.1) is 0 Å². The number of carbonyl (C=O) groups is 2. The van der Waals surface area contributed by atoms with Gasteiger partial charge < -0.3 is 14.3 Å². The van der Waals surface area contributed by atoms with Gasteiger partial charge in [0.1, 0.15) is 18.1 Å². The highest BCUT2D eigenvalue weighted by Gasteiger charge is 2.30. The molecular formula is C33H31F4N3O3S. The van der Waals surface area contributed by atoms with Gasteiger partial charge in [0.25, 0.3) is 5.56 Å². The number of alkyl halides is 3. The number of carbonyl (C=O) groups excluding carboxylic acids is 2. The van der Waals surface area contributed by atoms with Crippen molar-refractivity contribution < 1.29 is 27.2 Å². The topological polar surface area (TPSA) is 72.3 Å². The van der Waals surface area contributed by atoms with Crippen LogP contribution in [0.2, 0.25) is 0 Å². The van der Waals surface area contributed by atoms with E-state index in [-0.39, 0.29) is 30.6 Å². The fraction of sp³-hybridized carbons (Fsp3) is 0.273. The number of aromatic nitrogens is 2. The van der Waals surface area contributed by atoms with Crippen molar-refractivity contribution in [1.82, 2.24) is 14.5 Å². The van der Waals surface area contributed by atoms with E-state index in [1.165, 1.54) is 47.9 Å². The highest BCUT2D eigenvalue weighted by Crippen LogP contribution is 2.31. The molecule has 44 heavy (non-hydrogen) atoms. The van der Waals surface area contributed by atoms with E-state index >= 15 is 0 Å². The van der Waals surface area contributed by atoms with Crippen LogP contribution >= 0.6 is 11.8 Å². The molecule has 0 aliphatic rings. The molecule has 1 amide bonds. The van der Waals surface area contributed by atoms with Crippen LogP contribution in [0.1, 0.15) is 42.0 Å². The number of likely N-dealkylation sites (N-methyl/N-ethyl adjacent to an activating group) is 1. The number of ketones is 1. The summed E-state index contributed by atoms with van der Waals surface area (Å²) in [6.07, 6.45) is -1.61. The average molecular weight is 626 g/mol. The molecule has 0 saturated heterocycles. The molecule has 0 spiro atoms. The normalized spacial score (nSPS) is 11.4. The quantitative estimate of drug-likeness (QED) is 0.0970. The molecule has 0 N–H and O–H groups in total. The number of hydrogen-bond donors (Lipinski definition) is 0. The molecule has 0 aliphatic heterocycles. The fourth-order valence-corrected chi connectivity index (χ4v) is 5.38. The van der Waals surface area contributed by atoms with Crippen molar-refractivity contribution in [1.29, 1.82) is 0 Å². The van der Waals surface area contributed by atoms with Gasteiger partial charge in [0.05, 0.1) is 5.56 Å². The molecule has 0 bridgehead atoms. The largest absolute Gasteiger partial charge is 0.416 e. The fourth-order valence-electron chi connectivity index (χ4n) is 4.46. The summed E-state index contributed by atoms with van der Waals surface area (Å²) in [5.74, 6) is -0.160. The van der Waals surface area contributed by atoms with Crippen LogP contribution in [-0.4, -0.2) is 33.2 Å². The van der Waals surface area contributed by atoms with Crippen LogP contribution in [0, 0.1) is 5.82 Å². The van der Waals surface area contributed by atoms with Gasteiger partial charge in [0.15, 0.2) is 5.16 Å². The zero-order chi connectivity index (χ0) is 31.9. The van der Waals surface area contributed by atoms with E-state index in [0.29, 0.717) is 41.3 Å². The van der Waals surface area contributed by atoms with Crippen LogP contribution in [0.25, 0.3) is 11.1 Å². The van der Waals surface area contributed by atoms with Crippen LogP contribution in [0.15, 0.2) is 88.9 Å². The molecule has 0 saturated carbocycles. The molecule has 0 radical (unpaired) electrons. The number of hydrogen-bond acceptors (Lipinski definition) is 5. The maximum Gasteiger partial charge on any atom is 0.416 e. The number of halogens is 4. The minimum Gasteiger partial charge on any atom is -0.340 e. The summed E-state index contributed by atoms with van der Waals surface area (Å²) < 4.78 is 53.6. The highest BCUT2D eigenvalue weighted by atomic mass is 32.2. The molecule has 6 nitrogen and oxygen atoms in total. The van der Waals surface area contributed by atoms with E-state index in [1.54, 1.807) is 42.1 Å². The van der Waals surface area contributed by atoms with Crippen LogP contribution < -0.4 is 5.56 Å². The second-order valence-electron chi connectivity index (χ2n) is 10.5. The summed E-state index contributed by atoms with van der Waals surface area (Å²) in [5.41, 5.74) is 2.32. The van der Waals surface area contributed by atoms with E-state index in [4.69, 9.17) is 0 Å². The van der Waals surface area contributed by atoms with E-state index in [9.17, 15) is 31.9 Å². The molecule has 4 rings (SSSR count). The second-order valence-corrected chi connectivity index (χ2v) is 11.4. The monoisotopic (exact) mass is 625 g/mol. The van der Waals surface area contributed by atoms with Gasteiger partial charge in [-0.3, -0.25) is 9.59 Å². The Morgan fingerprint density at radius 3 is 2.09 bits per heavy atom. The Bertz CT molecular complexity index is 1650. The molecule has 0 aliphatic carbocycles. The lowest BCUT2D eigenvalue weighted by Crippen LogP contribution is -2.31. The third-order valence-electron chi connectivity index (χ3n) is 6.94. The SMILES string of the molecule is CC(=O)CCCc1cn(CC(=O)N(C)Cc2ccc(-c3ccc(C(F)(F)F)cc3)cc2)c(SCc2ccc(F)cc2)nc1=O. The molecule has 230 valence electrons. The van der Waals surface area contributed by atoms with Crippen molar-refractivity contribution >= 4 is 23.5 Å². The third kappa shape index (κ3) is 9.12. The second kappa shape index (κ2) is 14.5. The molecular weight excluding hydrogens is 594 g/mol. The third-order valence-corrected chi connectivity index (χ3v) is 8.00. The van der Waals surface area contributed by atoms with E-state index in [0.717, 1.165) is 28.8 Å². The number of amides is 1. The molecule has 0 atom stereocenters. The molecule has 1 heterocycles. The Morgan fingerprint density at radius 1 is 0.909 bits per heavy atom. The number of aryl methyl sites for hydroxylation is 1. The number of thioether (sulfide) groups is 1. The van der Waals surface area contributed by atoms with Crippen LogP contribution in [0.4, 0.5) is 17.6 Å². The Morgan fingerprint density at radius 2 is 1.50 bits per heavy atom. The molecule has 3 aromatic carbocycles. The van der Waals surface area contributed by atoms with Crippen molar-refractivity contribution in [2.75, 3.05) is 7.05 Å². The summed E-state index contributed by atoms with van der Waals surface area (Å²) >= 11 is 1.26. The molecule has 4 aromatic rings. The van der Waals surface area contributed by atoms with Gasteiger partial charge >= 0.3 is 6.18 Å². The Labute approximate surface area is 256 Å². The minimum atomic E-state index is -4.40. The zero-order valence-corrected chi connectivity index (χ0v) is 25.1. The van der Waals surface area contributed by atoms with E-state index in [1.807, 2.05) is 12.1 Å². The van der Waals surface area contributed by atoms with E-state index < -0.39 is 17.3 Å². The maximum absolute atomic E-state index is 13.3. The summed E-state index contributed by atoms with van der Waals surface area (Å²) in [5, 5.41) is 0.345. The number of benzene rings is 3. The summed E-state index contributed by atoms with van der Waals surface area (Å²) in [7, 11) is 1.65. The van der Waals surface area contributed by atoms with Crippen molar-refractivity contribution in [3.63, 3.8) is 0 Å². The maximum atomic E-state index is 13.3. The summed E-state index contributed by atoms with van der Waals surface area (Å²) in [4.78, 5) is 43.2. The standard InChI is InChI=1S/C33H31F4N3O3S/c1-22(41)4-3-5-27-19-40(32(38-31(27)43)44-21-24-8-16-29(34)17-9-24)20-30(42)39(2)18-23-6-10-25(11-7-23)26-12-14-28(15-13-26)33(35,36)37/h6-17,19H,3-5,18,20-21H2,1-2H3. The molecule has 11 heteroatoms. The minimum absolute atomic E-state index is 0.0222. The van der Waals surface area contributed by atoms with Gasteiger partial charge in [-0.2, -0.15) is 18.2 Å². The lowest BCUT2D eigenvalue weighted by molar-refractivity contribution is -0.137. The Hall–Kier alpha value is -4.25. The predicted octanol–water partition coefficient (Wildman–Crippen LogP) is 6.93. The lowest BCUT2D eigenvalue weighted by Gasteiger charge is -2.20. The van der Waals surface area contributed by atoms with Gasteiger partial charge in [0, 0.05) is 37.5 Å². The van der Waals surface area contributed by atoms with Gasteiger partial charge in [-0.25, -0.2) is 4.39 Å². The van der Waals surface area contributed by atoms with Gasteiger partial charge in [-0.05, 0) is 66.3 Å². The number of nitrogens with zero attached hydrogens (tertiary/aromatic N) is 3. The van der Waals surface area contributed by atoms with Crippen LogP contribution in [0.3, 0.4) is 0 Å². The van der Waals surface area contributed by atoms with Crippen LogP contribution in [-0.2, 0) is 41.0 Å². The van der Waals surface area contributed by atoms with Gasteiger partial charge in [-0.1, -0.05) is 60.3 Å².